The third kappa shape index (κ3) is 3.74. The van der Waals surface area contributed by atoms with Crippen molar-refractivity contribution in [2.75, 3.05) is 33.3 Å². The molecule has 0 aliphatic carbocycles. The van der Waals surface area contributed by atoms with E-state index in [-0.39, 0.29) is 0 Å². The quantitative estimate of drug-likeness (QED) is 0.913. The fourth-order valence-electron chi connectivity index (χ4n) is 3.00. The van der Waals surface area contributed by atoms with E-state index in [1.165, 1.54) is 36.7 Å². The Morgan fingerprint density at radius 3 is 2.62 bits per heavy atom. The molecule has 1 fully saturated rings. The van der Waals surface area contributed by atoms with Gasteiger partial charge in [-0.15, -0.1) is 0 Å². The van der Waals surface area contributed by atoms with Crippen LogP contribution in [0.1, 0.15) is 12.8 Å². The first-order valence-electron chi connectivity index (χ1n) is 7.86. The second-order valence-corrected chi connectivity index (χ2v) is 5.76. The summed E-state index contributed by atoms with van der Waals surface area (Å²) in [6.45, 7) is 4.13. The van der Waals surface area contributed by atoms with E-state index in [4.69, 9.17) is 4.74 Å². The zero-order chi connectivity index (χ0) is 14.5. The van der Waals surface area contributed by atoms with Gasteiger partial charge < -0.3 is 10.1 Å². The Morgan fingerprint density at radius 2 is 1.86 bits per heavy atom. The van der Waals surface area contributed by atoms with Gasteiger partial charge in [0, 0.05) is 12.6 Å². The van der Waals surface area contributed by atoms with Crippen molar-refractivity contribution in [2.45, 2.75) is 18.9 Å². The van der Waals surface area contributed by atoms with E-state index in [0.29, 0.717) is 6.04 Å². The summed E-state index contributed by atoms with van der Waals surface area (Å²) in [5, 5.41) is 5.87. The van der Waals surface area contributed by atoms with Crippen LogP contribution in [-0.4, -0.2) is 44.2 Å². The molecule has 0 amide bonds. The average molecular weight is 284 g/mol. The molecule has 0 bridgehead atoms. The number of fused-ring (bicyclic) bond motifs is 1. The van der Waals surface area contributed by atoms with Gasteiger partial charge in [-0.05, 0) is 55.9 Å². The van der Waals surface area contributed by atoms with Crippen molar-refractivity contribution in [1.29, 1.82) is 0 Å². The van der Waals surface area contributed by atoms with Crippen LogP contribution in [0.3, 0.4) is 0 Å². The number of piperidine rings is 1. The van der Waals surface area contributed by atoms with Gasteiger partial charge in [0.2, 0.25) is 0 Å². The van der Waals surface area contributed by atoms with Gasteiger partial charge in [0.15, 0.2) is 0 Å². The lowest BCUT2D eigenvalue weighted by molar-refractivity contribution is 0.167. The van der Waals surface area contributed by atoms with Crippen LogP contribution in [0.2, 0.25) is 0 Å². The third-order valence-corrected chi connectivity index (χ3v) is 4.39. The van der Waals surface area contributed by atoms with E-state index >= 15 is 0 Å². The van der Waals surface area contributed by atoms with Crippen LogP contribution in [0.25, 0.3) is 10.8 Å². The van der Waals surface area contributed by atoms with Crippen molar-refractivity contribution in [3.63, 3.8) is 0 Å². The van der Waals surface area contributed by atoms with Crippen molar-refractivity contribution < 1.29 is 4.74 Å². The van der Waals surface area contributed by atoms with Gasteiger partial charge in [0.05, 0.1) is 0 Å². The highest BCUT2D eigenvalue weighted by atomic mass is 16.5. The monoisotopic (exact) mass is 284 g/mol. The number of hydrogen-bond donors (Lipinski definition) is 1. The number of nitrogens with zero attached hydrogens (tertiary/aromatic N) is 1. The van der Waals surface area contributed by atoms with Crippen LogP contribution < -0.4 is 10.1 Å². The van der Waals surface area contributed by atoms with Gasteiger partial charge in [-0.2, -0.15) is 0 Å². The summed E-state index contributed by atoms with van der Waals surface area (Å²) >= 11 is 0. The fourth-order valence-corrected chi connectivity index (χ4v) is 3.00. The summed E-state index contributed by atoms with van der Waals surface area (Å²) in [6, 6.07) is 15.4. The molecule has 21 heavy (non-hydrogen) atoms. The van der Waals surface area contributed by atoms with Crippen LogP contribution in [0.5, 0.6) is 5.75 Å². The van der Waals surface area contributed by atoms with Gasteiger partial charge >= 0.3 is 0 Å². The third-order valence-electron chi connectivity index (χ3n) is 4.39. The van der Waals surface area contributed by atoms with E-state index < -0.39 is 0 Å². The fraction of sp³-hybridized carbons (Fsp3) is 0.444. The van der Waals surface area contributed by atoms with Crippen LogP contribution >= 0.6 is 0 Å². The summed E-state index contributed by atoms with van der Waals surface area (Å²) in [5.41, 5.74) is 0. The van der Waals surface area contributed by atoms with Crippen LogP contribution in [0.15, 0.2) is 42.5 Å². The van der Waals surface area contributed by atoms with Crippen LogP contribution in [0.4, 0.5) is 0 Å². The number of ether oxygens (including phenoxy) is 1. The molecule has 0 aromatic heterocycles. The van der Waals surface area contributed by atoms with Crippen molar-refractivity contribution in [1.82, 2.24) is 10.2 Å². The minimum Gasteiger partial charge on any atom is -0.492 e. The number of benzene rings is 2. The van der Waals surface area contributed by atoms with Crippen molar-refractivity contribution >= 4 is 10.8 Å². The smallest absolute Gasteiger partial charge is 0.120 e. The number of rotatable bonds is 5. The molecule has 0 atom stereocenters. The van der Waals surface area contributed by atoms with Gasteiger partial charge in [0.25, 0.3) is 0 Å². The summed E-state index contributed by atoms with van der Waals surface area (Å²) < 4.78 is 5.91. The predicted molar refractivity (Wildman–Crippen MR) is 88.0 cm³/mol. The van der Waals surface area contributed by atoms with Crippen molar-refractivity contribution in [3.05, 3.63) is 42.5 Å². The molecular formula is C18H24N2O. The van der Waals surface area contributed by atoms with E-state index in [1.54, 1.807) is 0 Å². The molecule has 0 spiro atoms. The Labute approximate surface area is 126 Å². The summed E-state index contributed by atoms with van der Waals surface area (Å²) in [6.07, 6.45) is 2.49. The zero-order valence-electron chi connectivity index (χ0n) is 12.7. The Morgan fingerprint density at radius 1 is 1.10 bits per heavy atom. The van der Waals surface area contributed by atoms with E-state index in [0.717, 1.165) is 18.9 Å². The van der Waals surface area contributed by atoms with E-state index in [2.05, 4.69) is 59.7 Å². The Hall–Kier alpha value is -1.58. The molecule has 112 valence electrons. The zero-order valence-corrected chi connectivity index (χ0v) is 12.7. The average Bonchev–Trinajstić information content (AvgIpc) is 2.55. The molecule has 1 saturated heterocycles. The lowest BCUT2D eigenvalue weighted by Gasteiger charge is -2.31. The SMILES string of the molecule is CNC1CCN(CCOc2ccc3ccccc3c2)CC1. The Bertz CT molecular complexity index is 576. The number of likely N-dealkylation sites (tertiary alicyclic amines) is 1. The molecule has 1 aliphatic heterocycles. The molecule has 2 aromatic carbocycles. The lowest BCUT2D eigenvalue weighted by atomic mass is 10.1. The number of hydrogen-bond acceptors (Lipinski definition) is 3. The molecule has 0 radical (unpaired) electrons. The van der Waals surface area contributed by atoms with Gasteiger partial charge in [0.1, 0.15) is 12.4 Å². The van der Waals surface area contributed by atoms with Gasteiger partial charge in [-0.25, -0.2) is 0 Å². The lowest BCUT2D eigenvalue weighted by Crippen LogP contribution is -2.42. The molecule has 1 heterocycles. The minimum atomic E-state index is 0.697. The molecule has 1 aliphatic rings. The molecule has 0 saturated carbocycles. The molecule has 3 heteroatoms. The maximum absolute atomic E-state index is 5.91. The molecule has 0 unspecified atom stereocenters. The summed E-state index contributed by atoms with van der Waals surface area (Å²) in [7, 11) is 2.06. The molecule has 2 aromatic rings. The molecular weight excluding hydrogens is 260 g/mol. The van der Waals surface area contributed by atoms with Gasteiger partial charge in [-0.1, -0.05) is 30.3 Å². The second-order valence-electron chi connectivity index (χ2n) is 5.76. The standard InChI is InChI=1S/C18H24N2O/c1-19-17-8-10-20(11-9-17)12-13-21-18-7-6-15-4-2-3-5-16(15)14-18/h2-7,14,17,19H,8-13H2,1H3. The van der Waals surface area contributed by atoms with Crippen LogP contribution in [-0.2, 0) is 0 Å². The van der Waals surface area contributed by atoms with E-state index in [9.17, 15) is 0 Å². The number of nitrogens with one attached hydrogen (secondary N) is 1. The minimum absolute atomic E-state index is 0.697. The highest BCUT2D eigenvalue weighted by Gasteiger charge is 2.17. The van der Waals surface area contributed by atoms with Gasteiger partial charge in [-0.3, -0.25) is 4.90 Å². The second kappa shape index (κ2) is 6.92. The van der Waals surface area contributed by atoms with Crippen molar-refractivity contribution in [3.8, 4) is 5.75 Å². The maximum atomic E-state index is 5.91. The first-order chi connectivity index (χ1) is 10.3. The Kier molecular flexibility index (Phi) is 4.73. The highest BCUT2D eigenvalue weighted by molar-refractivity contribution is 5.83. The molecule has 1 N–H and O–H groups in total. The highest BCUT2D eigenvalue weighted by Crippen LogP contribution is 2.20. The Balaban J connectivity index is 1.48. The predicted octanol–water partition coefficient (Wildman–Crippen LogP) is 2.90. The van der Waals surface area contributed by atoms with Crippen molar-refractivity contribution in [2.24, 2.45) is 0 Å². The summed E-state index contributed by atoms with van der Waals surface area (Å²) in [5.74, 6) is 0.971. The van der Waals surface area contributed by atoms with E-state index in [1.807, 2.05) is 0 Å². The first-order valence-corrected chi connectivity index (χ1v) is 7.86. The molecule has 3 rings (SSSR count). The normalized spacial score (nSPS) is 17.2. The van der Waals surface area contributed by atoms with Crippen LogP contribution in [0, 0.1) is 0 Å². The summed E-state index contributed by atoms with van der Waals surface area (Å²) in [4.78, 5) is 2.49. The topological polar surface area (TPSA) is 24.5 Å². The first kappa shape index (κ1) is 14.4. The largest absolute Gasteiger partial charge is 0.492 e. The maximum Gasteiger partial charge on any atom is 0.120 e. The molecule has 3 nitrogen and oxygen atoms in total.